The first-order valence-corrected chi connectivity index (χ1v) is 10.3. The molecule has 1 heterocycles. The highest BCUT2D eigenvalue weighted by atomic mass is 19.1. The largest absolute Gasteiger partial charge is 0.354 e. The molecule has 1 aromatic heterocycles. The Hall–Kier alpha value is -2.13. The zero-order valence-electron chi connectivity index (χ0n) is 16.6. The predicted octanol–water partition coefficient (Wildman–Crippen LogP) is 6.42. The third-order valence-corrected chi connectivity index (χ3v) is 5.26. The van der Waals surface area contributed by atoms with Crippen molar-refractivity contribution in [1.29, 1.82) is 0 Å². The van der Waals surface area contributed by atoms with Crippen LogP contribution < -0.4 is 0 Å². The van der Waals surface area contributed by atoms with E-state index in [1.54, 1.807) is 12.1 Å². The van der Waals surface area contributed by atoms with Gasteiger partial charge in [-0.1, -0.05) is 57.0 Å². The SMILES string of the molecule is CCCCN(CCCC)CCc1c(-c2cccc(F)c2)[nH]c2ccccc12. The summed E-state index contributed by atoms with van der Waals surface area (Å²) < 4.78 is 13.8. The quantitative estimate of drug-likeness (QED) is 0.439. The van der Waals surface area contributed by atoms with Crippen molar-refractivity contribution in [3.8, 4) is 11.3 Å². The minimum Gasteiger partial charge on any atom is -0.354 e. The van der Waals surface area contributed by atoms with Gasteiger partial charge in [-0.2, -0.15) is 0 Å². The van der Waals surface area contributed by atoms with E-state index in [1.165, 1.54) is 42.7 Å². The van der Waals surface area contributed by atoms with Crippen molar-refractivity contribution >= 4 is 10.9 Å². The highest BCUT2D eigenvalue weighted by Crippen LogP contribution is 2.31. The summed E-state index contributed by atoms with van der Waals surface area (Å²) in [4.78, 5) is 6.12. The average Bonchev–Trinajstić information content (AvgIpc) is 3.06. The minimum atomic E-state index is -0.190. The summed E-state index contributed by atoms with van der Waals surface area (Å²) in [5.41, 5.74) is 4.41. The van der Waals surface area contributed by atoms with Crippen molar-refractivity contribution < 1.29 is 4.39 Å². The molecule has 27 heavy (non-hydrogen) atoms. The number of hydrogen-bond donors (Lipinski definition) is 1. The van der Waals surface area contributed by atoms with Crippen LogP contribution in [-0.4, -0.2) is 29.5 Å². The third-order valence-electron chi connectivity index (χ3n) is 5.26. The molecule has 3 rings (SSSR count). The number of aromatic nitrogens is 1. The van der Waals surface area contributed by atoms with Crippen LogP contribution in [0.3, 0.4) is 0 Å². The molecule has 0 radical (unpaired) electrons. The van der Waals surface area contributed by atoms with Crippen molar-refractivity contribution in [2.45, 2.75) is 46.0 Å². The average molecular weight is 367 g/mol. The Labute approximate surface area is 162 Å². The number of unbranched alkanes of at least 4 members (excludes halogenated alkanes) is 2. The van der Waals surface area contributed by atoms with E-state index < -0.39 is 0 Å². The summed E-state index contributed by atoms with van der Waals surface area (Å²) in [7, 11) is 0. The van der Waals surface area contributed by atoms with Gasteiger partial charge in [0.2, 0.25) is 0 Å². The Bertz CT molecular complexity index is 844. The standard InChI is InChI=1S/C24H31FN2/c1-3-5-15-27(16-6-4-2)17-14-22-21-12-7-8-13-23(21)26-24(22)19-10-9-11-20(25)18-19/h7-13,18,26H,3-6,14-17H2,1-2H3. The van der Waals surface area contributed by atoms with Crippen LogP contribution in [-0.2, 0) is 6.42 Å². The Balaban J connectivity index is 1.88. The summed E-state index contributed by atoms with van der Waals surface area (Å²) in [6.07, 6.45) is 5.92. The van der Waals surface area contributed by atoms with E-state index in [9.17, 15) is 4.39 Å². The Morgan fingerprint density at radius 2 is 1.63 bits per heavy atom. The van der Waals surface area contributed by atoms with E-state index >= 15 is 0 Å². The number of rotatable bonds is 10. The van der Waals surface area contributed by atoms with Gasteiger partial charge in [0.25, 0.3) is 0 Å². The van der Waals surface area contributed by atoms with E-state index in [-0.39, 0.29) is 5.82 Å². The molecular weight excluding hydrogens is 335 g/mol. The summed E-state index contributed by atoms with van der Waals surface area (Å²) in [5.74, 6) is -0.190. The van der Waals surface area contributed by atoms with E-state index in [0.29, 0.717) is 0 Å². The first-order chi connectivity index (χ1) is 13.2. The smallest absolute Gasteiger partial charge is 0.123 e. The first kappa shape index (κ1) is 19.6. The van der Waals surface area contributed by atoms with Gasteiger partial charge in [-0.3, -0.25) is 0 Å². The lowest BCUT2D eigenvalue weighted by atomic mass is 10.0. The van der Waals surface area contributed by atoms with Crippen LogP contribution in [0.25, 0.3) is 22.2 Å². The molecule has 0 spiro atoms. The van der Waals surface area contributed by atoms with Gasteiger partial charge in [0.1, 0.15) is 5.82 Å². The molecule has 144 valence electrons. The topological polar surface area (TPSA) is 19.0 Å². The molecule has 0 saturated carbocycles. The molecular formula is C24H31FN2. The van der Waals surface area contributed by atoms with Crippen LogP contribution in [0.4, 0.5) is 4.39 Å². The number of hydrogen-bond acceptors (Lipinski definition) is 1. The highest BCUT2D eigenvalue weighted by molar-refractivity contribution is 5.90. The number of H-pyrrole nitrogens is 1. The summed E-state index contributed by atoms with van der Waals surface area (Å²) >= 11 is 0. The molecule has 0 atom stereocenters. The molecule has 0 amide bonds. The lowest BCUT2D eigenvalue weighted by Gasteiger charge is -2.22. The molecule has 2 nitrogen and oxygen atoms in total. The molecule has 0 bridgehead atoms. The predicted molar refractivity (Wildman–Crippen MR) is 114 cm³/mol. The highest BCUT2D eigenvalue weighted by Gasteiger charge is 2.15. The van der Waals surface area contributed by atoms with Crippen molar-refractivity contribution in [3.05, 3.63) is 59.9 Å². The second-order valence-electron chi connectivity index (χ2n) is 7.33. The van der Waals surface area contributed by atoms with Gasteiger partial charge in [0, 0.05) is 28.7 Å². The Kier molecular flexibility index (Phi) is 7.05. The maximum atomic E-state index is 13.8. The van der Waals surface area contributed by atoms with E-state index in [1.807, 2.05) is 12.1 Å². The van der Waals surface area contributed by atoms with Crippen molar-refractivity contribution in [2.24, 2.45) is 0 Å². The fourth-order valence-electron chi connectivity index (χ4n) is 3.72. The number of aromatic amines is 1. The fourth-order valence-corrected chi connectivity index (χ4v) is 3.72. The number of nitrogens with one attached hydrogen (secondary N) is 1. The molecule has 2 aromatic carbocycles. The van der Waals surface area contributed by atoms with E-state index in [2.05, 4.69) is 41.9 Å². The van der Waals surface area contributed by atoms with Crippen molar-refractivity contribution in [2.75, 3.05) is 19.6 Å². The van der Waals surface area contributed by atoms with Crippen LogP contribution in [0, 0.1) is 5.82 Å². The Morgan fingerprint density at radius 3 is 2.33 bits per heavy atom. The fraction of sp³-hybridized carbons (Fsp3) is 0.417. The summed E-state index contributed by atoms with van der Waals surface area (Å²) in [5, 5.41) is 1.25. The second kappa shape index (κ2) is 9.70. The van der Waals surface area contributed by atoms with E-state index in [4.69, 9.17) is 0 Å². The van der Waals surface area contributed by atoms with Crippen LogP contribution in [0.5, 0.6) is 0 Å². The van der Waals surface area contributed by atoms with Gasteiger partial charge in [0.15, 0.2) is 0 Å². The number of halogens is 1. The lowest BCUT2D eigenvalue weighted by molar-refractivity contribution is 0.269. The maximum absolute atomic E-state index is 13.8. The van der Waals surface area contributed by atoms with Crippen molar-refractivity contribution in [3.63, 3.8) is 0 Å². The number of nitrogens with zero attached hydrogens (tertiary/aromatic N) is 1. The summed E-state index contributed by atoms with van der Waals surface area (Å²) in [6, 6.07) is 15.3. The number of benzene rings is 2. The maximum Gasteiger partial charge on any atom is 0.123 e. The molecule has 0 saturated heterocycles. The third kappa shape index (κ3) is 4.98. The van der Waals surface area contributed by atoms with Crippen molar-refractivity contribution in [1.82, 2.24) is 9.88 Å². The monoisotopic (exact) mass is 366 g/mol. The van der Waals surface area contributed by atoms with Gasteiger partial charge in [-0.25, -0.2) is 4.39 Å². The first-order valence-electron chi connectivity index (χ1n) is 10.3. The zero-order chi connectivity index (χ0) is 19.1. The van der Waals surface area contributed by atoms with Crippen LogP contribution >= 0.6 is 0 Å². The zero-order valence-corrected chi connectivity index (χ0v) is 16.6. The molecule has 3 heteroatoms. The lowest BCUT2D eigenvalue weighted by Crippen LogP contribution is -2.28. The van der Waals surface area contributed by atoms with Gasteiger partial charge >= 0.3 is 0 Å². The number of fused-ring (bicyclic) bond motifs is 1. The molecule has 0 fully saturated rings. The molecule has 0 aliphatic heterocycles. The molecule has 1 N–H and O–H groups in total. The molecule has 3 aromatic rings. The van der Waals surface area contributed by atoms with E-state index in [0.717, 1.165) is 42.8 Å². The minimum absolute atomic E-state index is 0.190. The van der Waals surface area contributed by atoms with Gasteiger partial charge in [0.05, 0.1) is 0 Å². The molecule has 0 aliphatic rings. The van der Waals surface area contributed by atoms with Gasteiger partial charge in [-0.15, -0.1) is 0 Å². The van der Waals surface area contributed by atoms with Crippen LogP contribution in [0.15, 0.2) is 48.5 Å². The molecule has 0 unspecified atom stereocenters. The second-order valence-corrected chi connectivity index (χ2v) is 7.33. The number of para-hydroxylation sites is 1. The van der Waals surface area contributed by atoms with Crippen LogP contribution in [0.2, 0.25) is 0 Å². The Morgan fingerprint density at radius 1 is 0.889 bits per heavy atom. The molecule has 0 aliphatic carbocycles. The normalized spacial score (nSPS) is 11.6. The van der Waals surface area contributed by atoms with Gasteiger partial charge in [-0.05, 0) is 56.1 Å². The summed E-state index contributed by atoms with van der Waals surface area (Å²) in [6.45, 7) is 7.87. The van der Waals surface area contributed by atoms with Gasteiger partial charge < -0.3 is 9.88 Å². The van der Waals surface area contributed by atoms with Crippen LogP contribution in [0.1, 0.15) is 45.1 Å².